The van der Waals surface area contributed by atoms with Crippen LogP contribution < -0.4 is 10.6 Å². The zero-order chi connectivity index (χ0) is 17.7. The summed E-state index contributed by atoms with van der Waals surface area (Å²) in [7, 11) is 1.94. The lowest BCUT2D eigenvalue weighted by atomic mass is 10.0. The van der Waals surface area contributed by atoms with Crippen molar-refractivity contribution in [3.8, 4) is 11.1 Å². The molecule has 1 aromatic heterocycles. The van der Waals surface area contributed by atoms with Crippen LogP contribution in [0.5, 0.6) is 0 Å². The number of benzene rings is 1. The molecule has 0 bridgehead atoms. The van der Waals surface area contributed by atoms with Crippen LogP contribution in [-0.2, 0) is 11.3 Å². The number of carbonyl (C=O) groups is 1. The normalized spacial score (nSPS) is 12.7. The summed E-state index contributed by atoms with van der Waals surface area (Å²) in [5, 5.41) is 8.13. The Morgan fingerprint density at radius 3 is 2.67 bits per heavy atom. The van der Waals surface area contributed by atoms with Gasteiger partial charge in [0.1, 0.15) is 6.10 Å². The van der Waals surface area contributed by atoms with Crippen molar-refractivity contribution in [2.24, 2.45) is 0 Å². The lowest BCUT2D eigenvalue weighted by Gasteiger charge is -2.21. The number of ether oxygens (including phenoxy) is 1. The van der Waals surface area contributed by atoms with Crippen LogP contribution in [0.4, 0.5) is 4.79 Å². The van der Waals surface area contributed by atoms with Gasteiger partial charge in [0.15, 0.2) is 0 Å². The quantitative estimate of drug-likeness (QED) is 0.823. The molecule has 0 radical (unpaired) electrons. The molecule has 0 fully saturated rings. The summed E-state index contributed by atoms with van der Waals surface area (Å²) in [6.07, 6.45) is -0.664. The van der Waals surface area contributed by atoms with Gasteiger partial charge in [0.2, 0.25) is 0 Å². The molecule has 0 aliphatic heterocycles. The van der Waals surface area contributed by atoms with Crippen LogP contribution in [0, 0.1) is 0 Å². The Bertz CT molecular complexity index is 689. The summed E-state index contributed by atoms with van der Waals surface area (Å²) in [5.74, 6) is 0. The maximum atomic E-state index is 11.9. The van der Waals surface area contributed by atoms with E-state index in [1.54, 1.807) is 11.3 Å². The molecule has 2 rings (SSSR count). The third-order valence-corrected chi connectivity index (χ3v) is 4.57. The number of hydrogen-bond acceptors (Lipinski definition) is 4. The number of alkyl carbamates (subject to hydrolysis) is 1. The van der Waals surface area contributed by atoms with Crippen LogP contribution in [-0.4, -0.2) is 18.7 Å². The Hall–Kier alpha value is -1.85. The third-order valence-electron chi connectivity index (χ3n) is 3.48. The SMILES string of the molecule is CNCc1ccccc1-c1csc([C@@H](C)OC(=O)NC(C)(C)C)c1. The van der Waals surface area contributed by atoms with Crippen molar-refractivity contribution in [3.63, 3.8) is 0 Å². The summed E-state index contributed by atoms with van der Waals surface area (Å²) in [6, 6.07) is 10.4. The molecule has 24 heavy (non-hydrogen) atoms. The van der Waals surface area contributed by atoms with Gasteiger partial charge < -0.3 is 15.4 Å². The van der Waals surface area contributed by atoms with E-state index in [2.05, 4.69) is 34.2 Å². The number of nitrogens with one attached hydrogen (secondary N) is 2. The molecule has 0 aliphatic carbocycles. The van der Waals surface area contributed by atoms with Gasteiger partial charge in [-0.2, -0.15) is 0 Å². The van der Waals surface area contributed by atoms with Crippen LogP contribution in [0.3, 0.4) is 0 Å². The van der Waals surface area contributed by atoms with E-state index >= 15 is 0 Å². The van der Waals surface area contributed by atoms with Crippen molar-refractivity contribution >= 4 is 17.4 Å². The van der Waals surface area contributed by atoms with Gasteiger partial charge in [-0.25, -0.2) is 4.79 Å². The van der Waals surface area contributed by atoms with Gasteiger partial charge in [-0.3, -0.25) is 0 Å². The molecule has 1 heterocycles. The Morgan fingerprint density at radius 2 is 2.00 bits per heavy atom. The topological polar surface area (TPSA) is 50.4 Å². The van der Waals surface area contributed by atoms with Crippen LogP contribution in [0.2, 0.25) is 0 Å². The summed E-state index contributed by atoms with van der Waals surface area (Å²) in [4.78, 5) is 13.0. The fourth-order valence-electron chi connectivity index (χ4n) is 2.41. The average Bonchev–Trinajstić information content (AvgIpc) is 2.96. The van der Waals surface area contributed by atoms with Gasteiger partial charge in [0, 0.05) is 17.0 Å². The second kappa shape index (κ2) is 7.81. The molecule has 0 saturated carbocycles. The molecule has 2 N–H and O–H groups in total. The van der Waals surface area contributed by atoms with Crippen molar-refractivity contribution in [1.82, 2.24) is 10.6 Å². The number of hydrogen-bond donors (Lipinski definition) is 2. The van der Waals surface area contributed by atoms with E-state index in [-0.39, 0.29) is 17.7 Å². The summed E-state index contributed by atoms with van der Waals surface area (Å²) in [5.41, 5.74) is 3.32. The summed E-state index contributed by atoms with van der Waals surface area (Å²) in [6.45, 7) is 8.52. The first kappa shape index (κ1) is 18.5. The highest BCUT2D eigenvalue weighted by Crippen LogP contribution is 2.32. The molecule has 0 unspecified atom stereocenters. The summed E-state index contributed by atoms with van der Waals surface area (Å²) < 4.78 is 5.49. The molecule has 0 saturated heterocycles. The number of rotatable bonds is 5. The number of amides is 1. The predicted octanol–water partition coefficient (Wildman–Crippen LogP) is 4.72. The minimum atomic E-state index is -0.388. The van der Waals surface area contributed by atoms with Crippen molar-refractivity contribution in [2.75, 3.05) is 7.05 Å². The first-order valence-electron chi connectivity index (χ1n) is 8.10. The zero-order valence-corrected chi connectivity index (χ0v) is 15.8. The monoisotopic (exact) mass is 346 g/mol. The Kier molecular flexibility index (Phi) is 6.02. The lowest BCUT2D eigenvalue weighted by Crippen LogP contribution is -2.41. The molecule has 5 heteroatoms. The van der Waals surface area contributed by atoms with Gasteiger partial charge in [-0.1, -0.05) is 24.3 Å². The first-order chi connectivity index (χ1) is 11.3. The van der Waals surface area contributed by atoms with E-state index in [0.717, 1.165) is 17.0 Å². The highest BCUT2D eigenvalue weighted by atomic mass is 32.1. The van der Waals surface area contributed by atoms with Crippen LogP contribution >= 0.6 is 11.3 Å². The molecule has 1 aromatic carbocycles. The van der Waals surface area contributed by atoms with E-state index in [0.29, 0.717) is 0 Å². The first-order valence-corrected chi connectivity index (χ1v) is 8.98. The Labute approximate surface area is 148 Å². The largest absolute Gasteiger partial charge is 0.441 e. The van der Waals surface area contributed by atoms with Crippen LogP contribution in [0.15, 0.2) is 35.7 Å². The molecular weight excluding hydrogens is 320 g/mol. The van der Waals surface area contributed by atoms with Gasteiger partial charge >= 0.3 is 6.09 Å². The van der Waals surface area contributed by atoms with Gasteiger partial charge in [0.05, 0.1) is 0 Å². The van der Waals surface area contributed by atoms with E-state index in [1.807, 2.05) is 46.9 Å². The third kappa shape index (κ3) is 5.08. The molecule has 1 amide bonds. The van der Waals surface area contributed by atoms with Gasteiger partial charge in [-0.15, -0.1) is 11.3 Å². The molecule has 130 valence electrons. The Morgan fingerprint density at radius 1 is 1.29 bits per heavy atom. The molecular formula is C19H26N2O2S. The second-order valence-corrected chi connectivity index (χ2v) is 7.79. The smallest absolute Gasteiger partial charge is 0.408 e. The fraction of sp³-hybridized carbons (Fsp3) is 0.421. The second-order valence-electron chi connectivity index (χ2n) is 6.85. The highest BCUT2D eigenvalue weighted by molar-refractivity contribution is 7.10. The molecule has 2 aromatic rings. The number of carbonyl (C=O) groups excluding carboxylic acids is 1. The van der Waals surface area contributed by atoms with Crippen LogP contribution in [0.25, 0.3) is 11.1 Å². The van der Waals surface area contributed by atoms with E-state index < -0.39 is 0 Å². The standard InChI is InChI=1S/C19H26N2O2S/c1-13(23-18(22)21-19(2,3)4)17-10-15(12-24-17)16-9-7-6-8-14(16)11-20-5/h6-10,12-13,20H,11H2,1-5H3,(H,21,22)/t13-/m1/s1. The van der Waals surface area contributed by atoms with Gasteiger partial charge in [-0.05, 0) is 62.9 Å². The van der Waals surface area contributed by atoms with Crippen molar-refractivity contribution in [2.45, 2.75) is 45.9 Å². The van der Waals surface area contributed by atoms with E-state index in [4.69, 9.17) is 4.74 Å². The molecule has 0 spiro atoms. The van der Waals surface area contributed by atoms with Gasteiger partial charge in [0.25, 0.3) is 0 Å². The molecule has 4 nitrogen and oxygen atoms in total. The van der Waals surface area contributed by atoms with Crippen LogP contribution in [0.1, 0.15) is 44.2 Å². The van der Waals surface area contributed by atoms with Crippen molar-refractivity contribution in [1.29, 1.82) is 0 Å². The molecule has 1 atom stereocenters. The highest BCUT2D eigenvalue weighted by Gasteiger charge is 2.19. The molecule has 0 aliphatic rings. The minimum Gasteiger partial charge on any atom is -0.441 e. The van der Waals surface area contributed by atoms with Crippen molar-refractivity contribution in [3.05, 3.63) is 46.2 Å². The zero-order valence-electron chi connectivity index (χ0n) is 15.0. The maximum Gasteiger partial charge on any atom is 0.408 e. The number of thiophene rings is 1. The van der Waals surface area contributed by atoms with E-state index in [9.17, 15) is 4.79 Å². The Balaban J connectivity index is 2.12. The predicted molar refractivity (Wildman–Crippen MR) is 100 cm³/mol. The van der Waals surface area contributed by atoms with E-state index in [1.165, 1.54) is 11.1 Å². The lowest BCUT2D eigenvalue weighted by molar-refractivity contribution is 0.102. The summed E-state index contributed by atoms with van der Waals surface area (Å²) >= 11 is 1.61. The van der Waals surface area contributed by atoms with Crippen molar-refractivity contribution < 1.29 is 9.53 Å². The fourth-order valence-corrected chi connectivity index (χ4v) is 3.30. The minimum absolute atomic E-state index is 0.275. The average molecular weight is 346 g/mol. The maximum absolute atomic E-state index is 11.9.